The normalized spacial score (nSPS) is 19.6. The molecule has 156 valence electrons. The zero-order chi connectivity index (χ0) is 21.7. The van der Waals surface area contributed by atoms with Gasteiger partial charge in [-0.1, -0.05) is 24.3 Å². The molecule has 0 spiro atoms. The van der Waals surface area contributed by atoms with Crippen LogP contribution in [-0.4, -0.2) is 46.8 Å². The van der Waals surface area contributed by atoms with Crippen LogP contribution in [0, 0.1) is 11.6 Å². The van der Waals surface area contributed by atoms with E-state index in [0.29, 0.717) is 13.1 Å². The van der Waals surface area contributed by atoms with Crippen molar-refractivity contribution in [3.63, 3.8) is 0 Å². The van der Waals surface area contributed by atoms with Gasteiger partial charge in [-0.25, -0.2) is 8.78 Å². The highest BCUT2D eigenvalue weighted by atomic mass is 19.1. The lowest BCUT2D eigenvalue weighted by atomic mass is 10.1. The summed E-state index contributed by atoms with van der Waals surface area (Å²) >= 11 is 0. The number of amides is 2. The summed E-state index contributed by atoms with van der Waals surface area (Å²) in [6.45, 7) is 4.65. The van der Waals surface area contributed by atoms with E-state index in [1.54, 1.807) is 46.2 Å². The van der Waals surface area contributed by atoms with Crippen molar-refractivity contribution in [2.75, 3.05) is 13.1 Å². The Balaban J connectivity index is 1.61. The molecule has 1 saturated heterocycles. The molecule has 2 amide bonds. The van der Waals surface area contributed by atoms with Gasteiger partial charge in [0.05, 0.1) is 0 Å². The maximum Gasteiger partial charge on any atom is 0.246 e. The van der Waals surface area contributed by atoms with Crippen molar-refractivity contribution >= 4 is 24.0 Å². The molecule has 3 rings (SSSR count). The second kappa shape index (κ2) is 9.48. The van der Waals surface area contributed by atoms with Gasteiger partial charge in [0.25, 0.3) is 0 Å². The molecule has 0 aliphatic carbocycles. The van der Waals surface area contributed by atoms with Gasteiger partial charge in [-0.2, -0.15) is 0 Å². The highest BCUT2D eigenvalue weighted by Gasteiger charge is 2.32. The Hall–Kier alpha value is -3.28. The van der Waals surface area contributed by atoms with Crippen LogP contribution in [0.2, 0.25) is 0 Å². The van der Waals surface area contributed by atoms with Gasteiger partial charge in [0.1, 0.15) is 11.6 Å². The van der Waals surface area contributed by atoms with E-state index in [0.717, 1.165) is 11.1 Å². The van der Waals surface area contributed by atoms with Gasteiger partial charge in [-0.3, -0.25) is 9.59 Å². The molecular formula is C24H24F2N2O2. The fraction of sp³-hybridized carbons (Fsp3) is 0.250. The number of hydrogen-bond acceptors (Lipinski definition) is 2. The molecule has 6 heteroatoms. The second-order valence-corrected chi connectivity index (χ2v) is 7.45. The SMILES string of the molecule is C[C@@H]1CN(C(=O)/C=C/c2ccc(F)cc2)[C@@H](C)CN1C(=O)/C=C/c1ccc(F)cc1. The Morgan fingerprint density at radius 2 is 1.07 bits per heavy atom. The lowest BCUT2D eigenvalue weighted by Crippen LogP contribution is -2.59. The largest absolute Gasteiger partial charge is 0.333 e. The number of nitrogens with zero attached hydrogens (tertiary/aromatic N) is 2. The summed E-state index contributed by atoms with van der Waals surface area (Å²) in [7, 11) is 0. The minimum absolute atomic E-state index is 0.144. The highest BCUT2D eigenvalue weighted by molar-refractivity contribution is 5.94. The molecule has 4 nitrogen and oxygen atoms in total. The summed E-state index contributed by atoms with van der Waals surface area (Å²) in [4.78, 5) is 28.7. The van der Waals surface area contributed by atoms with Gasteiger partial charge in [0.15, 0.2) is 0 Å². The third-order valence-corrected chi connectivity index (χ3v) is 5.13. The number of rotatable bonds is 4. The zero-order valence-electron chi connectivity index (χ0n) is 17.0. The molecule has 0 unspecified atom stereocenters. The quantitative estimate of drug-likeness (QED) is 0.711. The maximum atomic E-state index is 13.0. The van der Waals surface area contributed by atoms with Crippen molar-refractivity contribution in [2.24, 2.45) is 0 Å². The van der Waals surface area contributed by atoms with Crippen LogP contribution in [0.3, 0.4) is 0 Å². The number of benzene rings is 2. The van der Waals surface area contributed by atoms with Crippen LogP contribution in [0.5, 0.6) is 0 Å². The number of carbonyl (C=O) groups is 2. The first-order valence-corrected chi connectivity index (χ1v) is 9.82. The van der Waals surface area contributed by atoms with Gasteiger partial charge in [-0.05, 0) is 61.4 Å². The second-order valence-electron chi connectivity index (χ2n) is 7.45. The van der Waals surface area contributed by atoms with Crippen molar-refractivity contribution in [1.29, 1.82) is 0 Å². The third-order valence-electron chi connectivity index (χ3n) is 5.13. The van der Waals surface area contributed by atoms with Crippen LogP contribution in [0.25, 0.3) is 12.2 Å². The van der Waals surface area contributed by atoms with E-state index in [1.165, 1.54) is 36.4 Å². The molecule has 0 aromatic heterocycles. The Morgan fingerprint density at radius 1 is 0.733 bits per heavy atom. The molecule has 0 saturated carbocycles. The van der Waals surface area contributed by atoms with E-state index in [4.69, 9.17) is 0 Å². The first-order chi connectivity index (χ1) is 14.3. The minimum atomic E-state index is -0.324. The molecule has 2 aromatic carbocycles. The van der Waals surface area contributed by atoms with Crippen LogP contribution in [0.4, 0.5) is 8.78 Å². The predicted molar refractivity (Wildman–Crippen MR) is 113 cm³/mol. The first-order valence-electron chi connectivity index (χ1n) is 9.82. The summed E-state index contributed by atoms with van der Waals surface area (Å²) in [6, 6.07) is 11.5. The van der Waals surface area contributed by atoms with Crippen molar-refractivity contribution in [2.45, 2.75) is 25.9 Å². The van der Waals surface area contributed by atoms with E-state index in [-0.39, 0.29) is 35.5 Å². The molecule has 1 aliphatic rings. The van der Waals surface area contributed by atoms with E-state index >= 15 is 0 Å². The molecule has 1 heterocycles. The van der Waals surface area contributed by atoms with Crippen molar-refractivity contribution < 1.29 is 18.4 Å². The summed E-state index contributed by atoms with van der Waals surface area (Å²) in [5, 5.41) is 0. The van der Waals surface area contributed by atoms with E-state index in [1.807, 2.05) is 13.8 Å². The molecular weight excluding hydrogens is 386 g/mol. The topological polar surface area (TPSA) is 40.6 Å². The zero-order valence-corrected chi connectivity index (χ0v) is 17.0. The smallest absolute Gasteiger partial charge is 0.246 e. The fourth-order valence-electron chi connectivity index (χ4n) is 3.41. The molecule has 0 radical (unpaired) electrons. The molecule has 30 heavy (non-hydrogen) atoms. The average Bonchev–Trinajstić information content (AvgIpc) is 2.73. The van der Waals surface area contributed by atoms with Gasteiger partial charge in [0.2, 0.25) is 11.8 Å². The maximum absolute atomic E-state index is 13.0. The standard InChI is InChI=1S/C24H24F2N2O2/c1-17-15-28(24(30)14-8-20-5-11-22(26)12-6-20)18(2)16-27(17)23(29)13-7-19-3-9-21(25)10-4-19/h3-14,17-18H,15-16H2,1-2H3/b13-7+,14-8+/t17-,18+. The fourth-order valence-corrected chi connectivity index (χ4v) is 3.41. The Labute approximate surface area is 175 Å². The van der Waals surface area contributed by atoms with Crippen molar-refractivity contribution in [3.8, 4) is 0 Å². The number of halogens is 2. The highest BCUT2D eigenvalue weighted by Crippen LogP contribution is 2.17. The Bertz CT molecular complexity index is 873. The van der Waals surface area contributed by atoms with Crippen molar-refractivity contribution in [3.05, 3.63) is 83.4 Å². The van der Waals surface area contributed by atoms with Gasteiger partial charge in [0, 0.05) is 37.3 Å². The third kappa shape index (κ3) is 5.41. The van der Waals surface area contributed by atoms with E-state index in [9.17, 15) is 18.4 Å². The summed E-state index contributed by atoms with van der Waals surface area (Å²) in [5.74, 6) is -0.939. The summed E-state index contributed by atoms with van der Waals surface area (Å²) < 4.78 is 26.0. The summed E-state index contributed by atoms with van der Waals surface area (Å²) in [6.07, 6.45) is 6.26. The molecule has 2 aromatic rings. The minimum Gasteiger partial charge on any atom is -0.333 e. The van der Waals surface area contributed by atoms with Crippen molar-refractivity contribution in [1.82, 2.24) is 9.80 Å². The van der Waals surface area contributed by atoms with E-state index < -0.39 is 0 Å². The monoisotopic (exact) mass is 410 g/mol. The van der Waals surface area contributed by atoms with Crippen LogP contribution in [0.1, 0.15) is 25.0 Å². The lowest BCUT2D eigenvalue weighted by Gasteiger charge is -2.43. The molecule has 0 N–H and O–H groups in total. The molecule has 2 atom stereocenters. The number of hydrogen-bond donors (Lipinski definition) is 0. The van der Waals surface area contributed by atoms with Crippen LogP contribution < -0.4 is 0 Å². The van der Waals surface area contributed by atoms with Gasteiger partial charge >= 0.3 is 0 Å². The first kappa shape index (κ1) is 21.4. The van der Waals surface area contributed by atoms with Gasteiger partial charge in [-0.15, -0.1) is 0 Å². The Kier molecular flexibility index (Phi) is 6.77. The summed E-state index contributed by atoms with van der Waals surface area (Å²) in [5.41, 5.74) is 1.48. The average molecular weight is 410 g/mol. The number of carbonyl (C=O) groups excluding carboxylic acids is 2. The predicted octanol–water partition coefficient (Wildman–Crippen LogP) is 4.14. The molecule has 0 bridgehead atoms. The molecule has 1 fully saturated rings. The molecule has 1 aliphatic heterocycles. The van der Waals surface area contributed by atoms with E-state index in [2.05, 4.69) is 0 Å². The van der Waals surface area contributed by atoms with Gasteiger partial charge < -0.3 is 9.80 Å². The number of piperazine rings is 1. The van der Waals surface area contributed by atoms with Crippen LogP contribution >= 0.6 is 0 Å². The Morgan fingerprint density at radius 3 is 1.40 bits per heavy atom. The lowest BCUT2D eigenvalue weighted by molar-refractivity contribution is -0.139. The van der Waals surface area contributed by atoms with Crippen LogP contribution in [0.15, 0.2) is 60.7 Å². The van der Waals surface area contributed by atoms with Crippen LogP contribution in [-0.2, 0) is 9.59 Å².